The van der Waals surface area contributed by atoms with Crippen LogP contribution in [0.25, 0.3) is 5.69 Å². The maximum absolute atomic E-state index is 11.9. The zero-order chi connectivity index (χ0) is 13.3. The van der Waals surface area contributed by atoms with E-state index in [0.29, 0.717) is 5.88 Å². The molecule has 4 nitrogen and oxygen atoms in total. The summed E-state index contributed by atoms with van der Waals surface area (Å²) in [5.74, 6) is 0.494. The number of aromatic nitrogens is 2. The fraction of sp³-hybridized carbons (Fsp3) is 0.357. The summed E-state index contributed by atoms with van der Waals surface area (Å²) in [4.78, 5) is 11.9. The Morgan fingerprint density at radius 3 is 2.50 bits per heavy atom. The molecule has 1 N–H and O–H groups in total. The van der Waals surface area contributed by atoms with Crippen molar-refractivity contribution in [2.45, 2.75) is 33.8 Å². The maximum Gasteiger partial charge on any atom is 0.275 e. The van der Waals surface area contributed by atoms with E-state index in [9.17, 15) is 4.79 Å². The number of hydrogen-bond acceptors (Lipinski definition) is 2. The van der Waals surface area contributed by atoms with Gasteiger partial charge < -0.3 is 4.74 Å². The molecule has 0 aliphatic rings. The smallest absolute Gasteiger partial charge is 0.275 e. The van der Waals surface area contributed by atoms with Crippen LogP contribution in [0.1, 0.15) is 25.0 Å². The molecule has 2 aromatic rings. The summed E-state index contributed by atoms with van der Waals surface area (Å²) in [5, 5.41) is 2.96. The van der Waals surface area contributed by atoms with Gasteiger partial charge in [-0.05, 0) is 51.0 Å². The molecule has 0 bridgehead atoms. The van der Waals surface area contributed by atoms with Crippen LogP contribution in [0.15, 0.2) is 29.1 Å². The molecule has 0 aliphatic carbocycles. The number of nitrogens with zero attached hydrogens (tertiary/aromatic N) is 1. The van der Waals surface area contributed by atoms with Gasteiger partial charge in [0.05, 0.1) is 17.9 Å². The first kappa shape index (κ1) is 12.5. The molecule has 1 heterocycles. The van der Waals surface area contributed by atoms with E-state index in [1.807, 2.05) is 45.9 Å². The lowest BCUT2D eigenvalue weighted by Gasteiger charge is -2.07. The first-order valence-electron chi connectivity index (χ1n) is 6.03. The molecule has 0 atom stereocenters. The topological polar surface area (TPSA) is 47.0 Å². The van der Waals surface area contributed by atoms with Crippen LogP contribution in [0.2, 0.25) is 0 Å². The van der Waals surface area contributed by atoms with Crippen LogP contribution in [0.4, 0.5) is 0 Å². The molecule has 18 heavy (non-hydrogen) atoms. The van der Waals surface area contributed by atoms with E-state index < -0.39 is 0 Å². The van der Waals surface area contributed by atoms with Gasteiger partial charge in [0.15, 0.2) is 0 Å². The van der Waals surface area contributed by atoms with Crippen molar-refractivity contribution < 1.29 is 4.74 Å². The molecule has 0 spiro atoms. The Hall–Kier alpha value is -1.97. The number of rotatable bonds is 3. The molecular weight excluding hydrogens is 228 g/mol. The van der Waals surface area contributed by atoms with E-state index >= 15 is 0 Å². The molecule has 2 rings (SSSR count). The highest BCUT2D eigenvalue weighted by atomic mass is 16.5. The lowest BCUT2D eigenvalue weighted by atomic mass is 10.1. The zero-order valence-electron chi connectivity index (χ0n) is 11.2. The van der Waals surface area contributed by atoms with Crippen molar-refractivity contribution in [2.75, 3.05) is 0 Å². The lowest BCUT2D eigenvalue weighted by molar-refractivity contribution is 0.231. The third-order valence-electron chi connectivity index (χ3n) is 2.81. The fourth-order valence-electron chi connectivity index (χ4n) is 1.75. The van der Waals surface area contributed by atoms with Gasteiger partial charge in [-0.25, -0.2) is 4.68 Å². The van der Waals surface area contributed by atoms with Crippen molar-refractivity contribution in [3.05, 3.63) is 45.7 Å². The Morgan fingerprint density at radius 1 is 1.17 bits per heavy atom. The van der Waals surface area contributed by atoms with Crippen molar-refractivity contribution >= 4 is 0 Å². The van der Waals surface area contributed by atoms with Crippen LogP contribution in [-0.4, -0.2) is 15.9 Å². The number of hydrogen-bond donors (Lipinski definition) is 1. The molecule has 0 fully saturated rings. The zero-order valence-corrected chi connectivity index (χ0v) is 11.2. The first-order valence-corrected chi connectivity index (χ1v) is 6.03. The molecule has 1 aromatic carbocycles. The fourth-order valence-corrected chi connectivity index (χ4v) is 1.75. The first-order chi connectivity index (χ1) is 8.47. The second-order valence-corrected chi connectivity index (χ2v) is 4.73. The van der Waals surface area contributed by atoms with E-state index in [0.717, 1.165) is 11.3 Å². The number of ether oxygens (including phenoxy) is 1. The van der Waals surface area contributed by atoms with Crippen LogP contribution in [0.3, 0.4) is 0 Å². The third kappa shape index (κ3) is 2.47. The lowest BCUT2D eigenvalue weighted by Crippen LogP contribution is -2.13. The highest BCUT2D eigenvalue weighted by Crippen LogP contribution is 2.14. The predicted octanol–water partition coefficient (Wildman–Crippen LogP) is 2.57. The molecular formula is C14H18N2O2. The van der Waals surface area contributed by atoms with Crippen LogP contribution < -0.4 is 10.3 Å². The Balaban J connectivity index is 2.41. The van der Waals surface area contributed by atoms with E-state index in [1.165, 1.54) is 16.3 Å². The Kier molecular flexibility index (Phi) is 3.28. The summed E-state index contributed by atoms with van der Waals surface area (Å²) < 4.78 is 6.96. The van der Waals surface area contributed by atoms with Gasteiger partial charge >= 0.3 is 0 Å². The van der Waals surface area contributed by atoms with Gasteiger partial charge in [0, 0.05) is 0 Å². The van der Waals surface area contributed by atoms with Gasteiger partial charge in [-0.1, -0.05) is 6.07 Å². The minimum Gasteiger partial charge on any atom is -0.475 e. The Labute approximate surface area is 106 Å². The minimum absolute atomic E-state index is 0.0382. The highest BCUT2D eigenvalue weighted by molar-refractivity contribution is 5.39. The largest absolute Gasteiger partial charge is 0.475 e. The van der Waals surface area contributed by atoms with Gasteiger partial charge in [-0.15, -0.1) is 0 Å². The second kappa shape index (κ2) is 4.72. The van der Waals surface area contributed by atoms with Crippen LogP contribution in [0, 0.1) is 13.8 Å². The number of H-pyrrole nitrogens is 1. The number of aromatic amines is 1. The van der Waals surface area contributed by atoms with Crippen LogP contribution in [-0.2, 0) is 0 Å². The number of benzene rings is 1. The quantitative estimate of drug-likeness (QED) is 0.904. The summed E-state index contributed by atoms with van der Waals surface area (Å²) in [6, 6.07) is 7.36. The van der Waals surface area contributed by atoms with Crippen LogP contribution in [0.5, 0.6) is 5.88 Å². The van der Waals surface area contributed by atoms with Crippen molar-refractivity contribution in [3.63, 3.8) is 0 Å². The monoisotopic (exact) mass is 246 g/mol. The molecule has 0 saturated carbocycles. The van der Waals surface area contributed by atoms with Crippen molar-refractivity contribution in [1.29, 1.82) is 0 Å². The third-order valence-corrected chi connectivity index (χ3v) is 2.81. The van der Waals surface area contributed by atoms with Crippen molar-refractivity contribution in [1.82, 2.24) is 9.78 Å². The second-order valence-electron chi connectivity index (χ2n) is 4.73. The standard InChI is InChI=1S/C14H18N2O2/c1-9(2)18-13-8-14(17)16(15-13)12-6-5-10(3)11(4)7-12/h5-9,15H,1-4H3. The van der Waals surface area contributed by atoms with Crippen molar-refractivity contribution in [3.8, 4) is 11.6 Å². The van der Waals surface area contributed by atoms with Gasteiger partial charge in [0.2, 0.25) is 5.88 Å². The average Bonchev–Trinajstić information content (AvgIpc) is 2.62. The summed E-state index contributed by atoms with van der Waals surface area (Å²) in [7, 11) is 0. The van der Waals surface area contributed by atoms with E-state index in [-0.39, 0.29) is 11.7 Å². The summed E-state index contributed by atoms with van der Waals surface area (Å²) in [6.45, 7) is 7.92. The summed E-state index contributed by atoms with van der Waals surface area (Å²) >= 11 is 0. The summed E-state index contributed by atoms with van der Waals surface area (Å²) in [5.41, 5.74) is 3.06. The van der Waals surface area contributed by atoms with Gasteiger partial charge in [-0.3, -0.25) is 9.89 Å². The highest BCUT2D eigenvalue weighted by Gasteiger charge is 2.07. The molecule has 0 saturated heterocycles. The molecule has 96 valence electrons. The van der Waals surface area contributed by atoms with Gasteiger partial charge in [0.25, 0.3) is 5.56 Å². The van der Waals surface area contributed by atoms with Crippen molar-refractivity contribution in [2.24, 2.45) is 0 Å². The predicted molar refractivity (Wildman–Crippen MR) is 71.6 cm³/mol. The molecule has 1 aromatic heterocycles. The SMILES string of the molecule is Cc1ccc(-n2[nH]c(OC(C)C)cc2=O)cc1C. The minimum atomic E-state index is -0.117. The van der Waals surface area contributed by atoms with Gasteiger partial charge in [-0.2, -0.15) is 0 Å². The average molecular weight is 246 g/mol. The van der Waals surface area contributed by atoms with Crippen LogP contribution >= 0.6 is 0 Å². The molecule has 0 radical (unpaired) electrons. The summed E-state index contributed by atoms with van der Waals surface area (Å²) in [6.07, 6.45) is 0.0382. The molecule has 0 unspecified atom stereocenters. The van der Waals surface area contributed by atoms with Gasteiger partial charge in [0.1, 0.15) is 0 Å². The number of nitrogens with one attached hydrogen (secondary N) is 1. The molecule has 0 aliphatic heterocycles. The molecule has 4 heteroatoms. The van der Waals surface area contributed by atoms with E-state index in [4.69, 9.17) is 4.74 Å². The molecule has 0 amide bonds. The van der Waals surface area contributed by atoms with E-state index in [2.05, 4.69) is 5.10 Å². The Morgan fingerprint density at radius 2 is 1.89 bits per heavy atom. The number of aryl methyl sites for hydroxylation is 2. The Bertz CT molecular complexity index is 608. The maximum atomic E-state index is 11.9. The van der Waals surface area contributed by atoms with E-state index in [1.54, 1.807) is 0 Å². The normalized spacial score (nSPS) is 10.9.